The number of Topliss-reactive ketones (excluding diaryl/α,β-unsaturated/α-hetero) is 1. The van der Waals surface area contributed by atoms with E-state index < -0.39 is 11.9 Å². The normalized spacial score (nSPS) is 15.0. The highest BCUT2D eigenvalue weighted by molar-refractivity contribution is 5.85. The van der Waals surface area contributed by atoms with Crippen LogP contribution in [0.15, 0.2) is 28.9 Å². The molecular weight excluding hydrogens is 335 g/mol. The van der Waals surface area contributed by atoms with Crippen molar-refractivity contribution >= 4 is 11.4 Å². The molecule has 0 bridgehead atoms. The van der Waals surface area contributed by atoms with Crippen molar-refractivity contribution in [2.45, 2.75) is 32.4 Å². The molecule has 1 saturated carbocycles. The van der Waals surface area contributed by atoms with Gasteiger partial charge in [-0.3, -0.25) is 4.79 Å². The van der Waals surface area contributed by atoms with E-state index in [1.54, 1.807) is 19.1 Å². The molecule has 0 spiro atoms. The SMILES string of the molecule is Cc1ccc(-c2nc(CC(=O)C3CC3)cn3cc(C(F)(F)F)nc23)o1. The number of carbonyl (C=O) groups excluding carboxylic acids is 1. The number of nitrogens with zero attached hydrogens (tertiary/aromatic N) is 3. The summed E-state index contributed by atoms with van der Waals surface area (Å²) in [4.78, 5) is 20.1. The van der Waals surface area contributed by atoms with Crippen molar-refractivity contribution in [2.24, 2.45) is 5.92 Å². The fourth-order valence-corrected chi connectivity index (χ4v) is 2.73. The Morgan fingerprint density at radius 1 is 1.28 bits per heavy atom. The van der Waals surface area contributed by atoms with Gasteiger partial charge in [0, 0.05) is 18.3 Å². The minimum Gasteiger partial charge on any atom is -0.460 e. The van der Waals surface area contributed by atoms with Gasteiger partial charge < -0.3 is 8.82 Å². The summed E-state index contributed by atoms with van der Waals surface area (Å²) in [6.45, 7) is 1.73. The third-order valence-electron chi connectivity index (χ3n) is 4.14. The summed E-state index contributed by atoms with van der Waals surface area (Å²) in [6.07, 6.45) is -0.402. The molecule has 0 aliphatic heterocycles. The van der Waals surface area contributed by atoms with Gasteiger partial charge in [-0.05, 0) is 31.9 Å². The molecule has 0 unspecified atom stereocenters. The van der Waals surface area contributed by atoms with Crippen molar-refractivity contribution in [3.8, 4) is 11.5 Å². The maximum absolute atomic E-state index is 13.0. The van der Waals surface area contributed by atoms with Crippen LogP contribution in [0.25, 0.3) is 17.1 Å². The first kappa shape index (κ1) is 15.9. The maximum Gasteiger partial charge on any atom is 0.434 e. The largest absolute Gasteiger partial charge is 0.460 e. The summed E-state index contributed by atoms with van der Waals surface area (Å²) in [7, 11) is 0. The molecule has 1 aliphatic carbocycles. The van der Waals surface area contributed by atoms with E-state index in [0.29, 0.717) is 17.2 Å². The standard InChI is InChI=1S/C17H14F3N3O2/c1-9-2-5-13(25-9)15-16-22-14(17(18,19)20)8-23(16)7-11(21-15)6-12(24)10-3-4-10/h2,5,7-8,10H,3-4,6H2,1H3. The molecule has 0 N–H and O–H groups in total. The van der Waals surface area contributed by atoms with Crippen LogP contribution < -0.4 is 0 Å². The number of hydrogen-bond donors (Lipinski definition) is 0. The molecule has 5 nitrogen and oxygen atoms in total. The highest BCUT2D eigenvalue weighted by Crippen LogP contribution is 2.33. The molecule has 3 heterocycles. The van der Waals surface area contributed by atoms with Crippen LogP contribution in [0.1, 0.15) is 30.0 Å². The quantitative estimate of drug-likeness (QED) is 0.718. The van der Waals surface area contributed by atoms with Crippen molar-refractivity contribution in [1.29, 1.82) is 0 Å². The monoisotopic (exact) mass is 349 g/mol. The van der Waals surface area contributed by atoms with Crippen molar-refractivity contribution in [3.05, 3.63) is 41.7 Å². The molecule has 0 radical (unpaired) electrons. The smallest absolute Gasteiger partial charge is 0.434 e. The van der Waals surface area contributed by atoms with Crippen LogP contribution >= 0.6 is 0 Å². The third-order valence-corrected chi connectivity index (χ3v) is 4.14. The fourth-order valence-electron chi connectivity index (χ4n) is 2.73. The highest BCUT2D eigenvalue weighted by Gasteiger charge is 2.35. The molecule has 8 heteroatoms. The van der Waals surface area contributed by atoms with Crippen LogP contribution in [0.5, 0.6) is 0 Å². The number of ketones is 1. The number of alkyl halides is 3. The number of aromatic nitrogens is 3. The van der Waals surface area contributed by atoms with E-state index in [2.05, 4.69) is 9.97 Å². The van der Waals surface area contributed by atoms with E-state index in [1.807, 2.05) is 0 Å². The summed E-state index contributed by atoms with van der Waals surface area (Å²) < 4.78 is 45.8. The second-order valence-electron chi connectivity index (χ2n) is 6.26. The third kappa shape index (κ3) is 3.04. The molecule has 1 fully saturated rings. The van der Waals surface area contributed by atoms with E-state index in [-0.39, 0.29) is 29.5 Å². The van der Waals surface area contributed by atoms with Gasteiger partial charge in [0.25, 0.3) is 0 Å². The molecule has 0 amide bonds. The van der Waals surface area contributed by atoms with Gasteiger partial charge in [-0.25, -0.2) is 9.97 Å². The van der Waals surface area contributed by atoms with Crippen molar-refractivity contribution in [3.63, 3.8) is 0 Å². The number of halogens is 3. The Kier molecular flexibility index (Phi) is 3.45. The van der Waals surface area contributed by atoms with Crippen LogP contribution in [0.4, 0.5) is 13.2 Å². The van der Waals surface area contributed by atoms with Gasteiger partial charge in [-0.1, -0.05) is 0 Å². The van der Waals surface area contributed by atoms with Crippen LogP contribution in [0.3, 0.4) is 0 Å². The Morgan fingerprint density at radius 3 is 2.64 bits per heavy atom. The van der Waals surface area contributed by atoms with Gasteiger partial charge in [0.2, 0.25) is 0 Å². The molecule has 130 valence electrons. The Hall–Kier alpha value is -2.64. The van der Waals surface area contributed by atoms with E-state index >= 15 is 0 Å². The van der Waals surface area contributed by atoms with Crippen molar-refractivity contribution < 1.29 is 22.4 Å². The number of hydrogen-bond acceptors (Lipinski definition) is 4. The zero-order chi connectivity index (χ0) is 17.8. The number of furan rings is 1. The summed E-state index contributed by atoms with van der Waals surface area (Å²) in [6, 6.07) is 3.33. The van der Waals surface area contributed by atoms with Crippen LogP contribution in [0, 0.1) is 12.8 Å². The molecule has 0 atom stereocenters. The predicted octanol–water partition coefficient (Wildman–Crippen LogP) is 3.84. The van der Waals surface area contributed by atoms with E-state index in [1.165, 1.54) is 10.6 Å². The molecular formula is C17H14F3N3O2. The van der Waals surface area contributed by atoms with Gasteiger partial charge in [-0.2, -0.15) is 13.2 Å². The highest BCUT2D eigenvalue weighted by atomic mass is 19.4. The minimum atomic E-state index is -4.56. The first-order valence-electron chi connectivity index (χ1n) is 7.86. The number of aryl methyl sites for hydroxylation is 1. The van der Waals surface area contributed by atoms with E-state index in [4.69, 9.17) is 4.42 Å². The maximum atomic E-state index is 13.0. The lowest BCUT2D eigenvalue weighted by atomic mass is 10.1. The second kappa shape index (κ2) is 5.44. The first-order chi connectivity index (χ1) is 11.8. The zero-order valence-electron chi connectivity index (χ0n) is 13.3. The molecule has 3 aromatic heterocycles. The fraction of sp³-hybridized carbons (Fsp3) is 0.353. The minimum absolute atomic E-state index is 0.0456. The van der Waals surface area contributed by atoms with Crippen LogP contribution in [-0.4, -0.2) is 20.2 Å². The van der Waals surface area contributed by atoms with Gasteiger partial charge in [0.05, 0.1) is 12.1 Å². The number of imidazole rings is 1. The summed E-state index contributed by atoms with van der Waals surface area (Å²) in [5.74, 6) is 1.05. The lowest BCUT2D eigenvalue weighted by Gasteiger charge is -2.05. The number of carbonyl (C=O) groups is 1. The Balaban J connectivity index is 1.85. The molecule has 4 rings (SSSR count). The molecule has 1 aliphatic rings. The topological polar surface area (TPSA) is 60.4 Å². The van der Waals surface area contributed by atoms with Crippen molar-refractivity contribution in [1.82, 2.24) is 14.4 Å². The number of fused-ring (bicyclic) bond motifs is 1. The lowest BCUT2D eigenvalue weighted by Crippen LogP contribution is -2.08. The average molecular weight is 349 g/mol. The molecule has 25 heavy (non-hydrogen) atoms. The zero-order valence-corrected chi connectivity index (χ0v) is 13.3. The lowest BCUT2D eigenvalue weighted by molar-refractivity contribution is -0.140. The average Bonchev–Trinajstić information content (AvgIpc) is 3.15. The summed E-state index contributed by atoms with van der Waals surface area (Å²) >= 11 is 0. The summed E-state index contributed by atoms with van der Waals surface area (Å²) in [5.41, 5.74) is -0.363. The van der Waals surface area contributed by atoms with Crippen molar-refractivity contribution in [2.75, 3.05) is 0 Å². The predicted molar refractivity (Wildman–Crippen MR) is 81.9 cm³/mol. The van der Waals surface area contributed by atoms with Crippen LogP contribution in [0.2, 0.25) is 0 Å². The van der Waals surface area contributed by atoms with Gasteiger partial charge in [0.15, 0.2) is 17.1 Å². The molecule has 3 aromatic rings. The second-order valence-corrected chi connectivity index (χ2v) is 6.26. The number of rotatable bonds is 4. The molecule has 0 aromatic carbocycles. The Bertz CT molecular complexity index is 967. The Morgan fingerprint density at radius 2 is 2.04 bits per heavy atom. The molecule has 0 saturated heterocycles. The van der Waals surface area contributed by atoms with E-state index in [0.717, 1.165) is 19.0 Å². The first-order valence-corrected chi connectivity index (χ1v) is 7.86. The van der Waals surface area contributed by atoms with Gasteiger partial charge in [-0.15, -0.1) is 0 Å². The van der Waals surface area contributed by atoms with Gasteiger partial charge >= 0.3 is 6.18 Å². The van der Waals surface area contributed by atoms with Gasteiger partial charge in [0.1, 0.15) is 17.2 Å². The van der Waals surface area contributed by atoms with E-state index in [9.17, 15) is 18.0 Å². The van der Waals surface area contributed by atoms with Crippen LogP contribution in [-0.2, 0) is 17.4 Å². The summed E-state index contributed by atoms with van der Waals surface area (Å²) in [5, 5.41) is 0. The Labute approximate surface area is 140 Å².